The SMILES string of the molecule is CC1CC1C(=O)N1CCC(N2C(=O)O[C@H]3CN(c4ccc5nccnc5n4)C[C@H]32)C1. The minimum atomic E-state index is -0.249. The zero-order chi connectivity index (χ0) is 20.4. The first-order valence-electron chi connectivity index (χ1n) is 10.7. The van der Waals surface area contributed by atoms with Crippen molar-refractivity contribution in [3.8, 4) is 0 Å². The smallest absolute Gasteiger partial charge is 0.410 e. The first kappa shape index (κ1) is 17.9. The van der Waals surface area contributed by atoms with E-state index in [4.69, 9.17) is 4.74 Å². The van der Waals surface area contributed by atoms with E-state index in [0.29, 0.717) is 31.2 Å². The van der Waals surface area contributed by atoms with Crippen molar-refractivity contribution in [1.29, 1.82) is 0 Å². The summed E-state index contributed by atoms with van der Waals surface area (Å²) in [5, 5.41) is 0. The van der Waals surface area contributed by atoms with Crippen molar-refractivity contribution < 1.29 is 14.3 Å². The molecule has 2 amide bonds. The number of anilines is 1. The lowest BCUT2D eigenvalue weighted by Gasteiger charge is -2.28. The molecule has 4 fully saturated rings. The number of amides is 2. The standard InChI is InChI=1S/C21H24N6O3/c1-12-8-14(12)20(28)25-7-4-13(9-25)27-16-10-26(11-17(16)30-21(27)29)18-3-2-15-19(24-18)23-6-5-22-15/h2-3,5-6,12-14,16-17H,4,7-11H2,1H3/t12?,13?,14?,16-,17+/m1/s1. The van der Waals surface area contributed by atoms with Crippen molar-refractivity contribution in [1.82, 2.24) is 24.8 Å². The quantitative estimate of drug-likeness (QED) is 0.756. The summed E-state index contributed by atoms with van der Waals surface area (Å²) >= 11 is 0. The van der Waals surface area contributed by atoms with E-state index in [1.54, 1.807) is 12.4 Å². The van der Waals surface area contributed by atoms with Crippen LogP contribution in [-0.4, -0.2) is 81.1 Å². The highest BCUT2D eigenvalue weighted by Crippen LogP contribution is 2.40. The van der Waals surface area contributed by atoms with Gasteiger partial charge in [0.15, 0.2) is 5.65 Å². The summed E-state index contributed by atoms with van der Waals surface area (Å²) in [6, 6.07) is 3.87. The second kappa shape index (κ2) is 6.52. The average molecular weight is 408 g/mol. The Morgan fingerprint density at radius 1 is 1.17 bits per heavy atom. The van der Waals surface area contributed by atoms with E-state index in [9.17, 15) is 9.59 Å². The number of likely N-dealkylation sites (tertiary alicyclic amines) is 1. The minimum Gasteiger partial charge on any atom is -0.442 e. The van der Waals surface area contributed by atoms with Crippen LogP contribution in [0, 0.1) is 11.8 Å². The highest BCUT2D eigenvalue weighted by molar-refractivity contribution is 5.82. The van der Waals surface area contributed by atoms with Crippen LogP contribution in [0.5, 0.6) is 0 Å². The zero-order valence-electron chi connectivity index (χ0n) is 16.8. The summed E-state index contributed by atoms with van der Waals surface area (Å²) in [5.41, 5.74) is 1.37. The van der Waals surface area contributed by atoms with Gasteiger partial charge in [-0.3, -0.25) is 14.7 Å². The lowest BCUT2D eigenvalue weighted by atomic mass is 10.1. The fraction of sp³-hybridized carbons (Fsp3) is 0.571. The lowest BCUT2D eigenvalue weighted by molar-refractivity contribution is -0.131. The number of hydrogen-bond acceptors (Lipinski definition) is 7. The number of carbonyl (C=O) groups is 2. The van der Waals surface area contributed by atoms with E-state index in [2.05, 4.69) is 26.8 Å². The number of ether oxygens (including phenoxy) is 1. The summed E-state index contributed by atoms with van der Waals surface area (Å²) in [6.45, 7) is 4.74. The van der Waals surface area contributed by atoms with Gasteiger partial charge in [-0.25, -0.2) is 14.8 Å². The largest absolute Gasteiger partial charge is 0.442 e. The van der Waals surface area contributed by atoms with E-state index in [-0.39, 0.29) is 36.1 Å². The van der Waals surface area contributed by atoms with Gasteiger partial charge in [-0.2, -0.15) is 0 Å². The molecule has 3 saturated heterocycles. The number of pyridine rings is 1. The third-order valence-corrected chi connectivity index (χ3v) is 6.99. The maximum Gasteiger partial charge on any atom is 0.410 e. The third-order valence-electron chi connectivity index (χ3n) is 6.99. The Kier molecular flexibility index (Phi) is 3.88. The van der Waals surface area contributed by atoms with E-state index >= 15 is 0 Å². The molecule has 5 heterocycles. The molecule has 3 unspecified atom stereocenters. The predicted octanol–water partition coefficient (Wildman–Crippen LogP) is 1.29. The third kappa shape index (κ3) is 2.79. The van der Waals surface area contributed by atoms with Gasteiger partial charge >= 0.3 is 6.09 Å². The number of nitrogens with zero attached hydrogens (tertiary/aromatic N) is 6. The average Bonchev–Trinajstić information content (AvgIpc) is 3.09. The van der Waals surface area contributed by atoms with E-state index < -0.39 is 0 Å². The Hall–Kier alpha value is -2.97. The normalized spacial score (nSPS) is 32.6. The van der Waals surface area contributed by atoms with Gasteiger partial charge in [0.05, 0.1) is 18.6 Å². The lowest BCUT2D eigenvalue weighted by Crippen LogP contribution is -2.46. The topological polar surface area (TPSA) is 91.8 Å². The Bertz CT molecular complexity index is 1030. The van der Waals surface area contributed by atoms with Crippen molar-refractivity contribution in [2.45, 2.75) is 38.0 Å². The minimum absolute atomic E-state index is 0.0169. The molecular formula is C21H24N6O3. The van der Waals surface area contributed by atoms with Crippen LogP contribution >= 0.6 is 0 Å². The molecule has 0 N–H and O–H groups in total. The van der Waals surface area contributed by atoms with Gasteiger partial charge in [-0.15, -0.1) is 0 Å². The van der Waals surface area contributed by atoms with Gasteiger partial charge < -0.3 is 14.5 Å². The van der Waals surface area contributed by atoms with Gasteiger partial charge in [0.2, 0.25) is 5.91 Å². The number of rotatable bonds is 3. The number of fused-ring (bicyclic) bond motifs is 2. The van der Waals surface area contributed by atoms with Gasteiger partial charge in [0.25, 0.3) is 0 Å². The van der Waals surface area contributed by atoms with Crippen LogP contribution in [0.1, 0.15) is 19.8 Å². The van der Waals surface area contributed by atoms with Crippen LogP contribution in [0.3, 0.4) is 0 Å². The highest BCUT2D eigenvalue weighted by atomic mass is 16.6. The molecule has 0 radical (unpaired) electrons. The second-order valence-electron chi connectivity index (χ2n) is 8.92. The van der Waals surface area contributed by atoms with E-state index in [0.717, 1.165) is 30.7 Å². The Labute approximate surface area is 174 Å². The van der Waals surface area contributed by atoms with Gasteiger partial charge in [0, 0.05) is 37.9 Å². The molecule has 0 spiro atoms. The number of hydrogen-bond donors (Lipinski definition) is 0. The molecular weight excluding hydrogens is 384 g/mol. The maximum atomic E-state index is 12.6. The second-order valence-corrected chi connectivity index (χ2v) is 8.92. The molecule has 6 rings (SSSR count). The Balaban J connectivity index is 1.18. The predicted molar refractivity (Wildman–Crippen MR) is 108 cm³/mol. The summed E-state index contributed by atoms with van der Waals surface area (Å²) in [7, 11) is 0. The van der Waals surface area contributed by atoms with Crippen molar-refractivity contribution in [3.05, 3.63) is 24.5 Å². The van der Waals surface area contributed by atoms with Crippen molar-refractivity contribution >= 4 is 29.0 Å². The van der Waals surface area contributed by atoms with Gasteiger partial charge in [-0.1, -0.05) is 6.92 Å². The highest BCUT2D eigenvalue weighted by Gasteiger charge is 2.52. The van der Waals surface area contributed by atoms with Crippen LogP contribution in [0.15, 0.2) is 24.5 Å². The maximum absolute atomic E-state index is 12.6. The summed E-state index contributed by atoms with van der Waals surface area (Å²) in [6.07, 6.45) is 4.67. The first-order chi connectivity index (χ1) is 14.6. The molecule has 2 aromatic heterocycles. The van der Waals surface area contributed by atoms with Crippen LogP contribution < -0.4 is 4.90 Å². The summed E-state index contributed by atoms with van der Waals surface area (Å²) < 4.78 is 5.71. The number of aromatic nitrogens is 3. The molecule has 9 nitrogen and oxygen atoms in total. The monoisotopic (exact) mass is 408 g/mol. The molecule has 30 heavy (non-hydrogen) atoms. The number of carbonyl (C=O) groups excluding carboxylic acids is 2. The molecule has 1 aliphatic carbocycles. The fourth-order valence-electron chi connectivity index (χ4n) is 5.16. The van der Waals surface area contributed by atoms with E-state index in [1.807, 2.05) is 21.9 Å². The van der Waals surface area contributed by atoms with Crippen LogP contribution in [0.2, 0.25) is 0 Å². The molecule has 156 valence electrons. The van der Waals surface area contributed by atoms with Crippen molar-refractivity contribution in [3.63, 3.8) is 0 Å². The molecule has 1 saturated carbocycles. The molecule has 0 aromatic carbocycles. The van der Waals surface area contributed by atoms with Gasteiger partial charge in [0.1, 0.15) is 17.4 Å². The van der Waals surface area contributed by atoms with Crippen molar-refractivity contribution in [2.24, 2.45) is 11.8 Å². The molecule has 4 aliphatic rings. The van der Waals surface area contributed by atoms with Crippen LogP contribution in [0.25, 0.3) is 11.2 Å². The van der Waals surface area contributed by atoms with Crippen molar-refractivity contribution in [2.75, 3.05) is 31.1 Å². The summed E-state index contributed by atoms with van der Waals surface area (Å²) in [5.74, 6) is 1.76. The molecule has 0 bridgehead atoms. The zero-order valence-corrected chi connectivity index (χ0v) is 16.8. The Morgan fingerprint density at radius 2 is 2.00 bits per heavy atom. The Morgan fingerprint density at radius 3 is 2.83 bits per heavy atom. The fourth-order valence-corrected chi connectivity index (χ4v) is 5.16. The molecule has 9 heteroatoms. The first-order valence-corrected chi connectivity index (χ1v) is 10.7. The van der Waals surface area contributed by atoms with E-state index in [1.165, 1.54) is 0 Å². The summed E-state index contributed by atoms with van der Waals surface area (Å²) in [4.78, 5) is 44.4. The molecule has 2 aromatic rings. The van der Waals surface area contributed by atoms with Crippen LogP contribution in [0.4, 0.5) is 10.6 Å². The van der Waals surface area contributed by atoms with Gasteiger partial charge in [-0.05, 0) is 30.9 Å². The molecule has 3 aliphatic heterocycles. The molecule has 5 atom stereocenters. The van der Waals surface area contributed by atoms with Crippen LogP contribution in [-0.2, 0) is 9.53 Å².